The summed E-state index contributed by atoms with van der Waals surface area (Å²) < 4.78 is 0. The first-order valence-corrected chi connectivity index (χ1v) is 3.53. The van der Waals surface area contributed by atoms with Crippen LogP contribution in [0.4, 0.5) is 0 Å². The maximum atomic E-state index is 8.33. The van der Waals surface area contributed by atoms with Crippen LogP contribution in [0.2, 0.25) is 0 Å². The normalized spacial score (nSPS) is 10.8. The fourth-order valence-corrected chi connectivity index (χ4v) is 0.847. The largest absolute Gasteiger partial charge is 0.396 e. The molecule has 1 heterocycles. The van der Waals surface area contributed by atoms with E-state index >= 15 is 0 Å². The van der Waals surface area contributed by atoms with Gasteiger partial charge >= 0.3 is 0 Å². The van der Waals surface area contributed by atoms with E-state index in [0.29, 0.717) is 11.4 Å². The fourth-order valence-electron chi connectivity index (χ4n) is 0.847. The van der Waals surface area contributed by atoms with Crippen molar-refractivity contribution in [1.29, 1.82) is 5.26 Å². The molecule has 0 spiro atoms. The maximum Gasteiger partial charge on any atom is 0.0934 e. The lowest BCUT2D eigenvalue weighted by Gasteiger charge is -1.98. The number of rotatable bonds is 1. The van der Waals surface area contributed by atoms with Crippen molar-refractivity contribution in [2.24, 2.45) is 5.73 Å². The zero-order valence-electron chi connectivity index (χ0n) is 6.78. The Bertz CT molecular complexity index is 347. The Morgan fingerprint density at radius 3 is 3.00 bits per heavy atom. The number of hydrogen-bond donors (Lipinski definition) is 1. The van der Waals surface area contributed by atoms with Crippen molar-refractivity contribution >= 4 is 5.70 Å². The van der Waals surface area contributed by atoms with Gasteiger partial charge in [0.25, 0.3) is 0 Å². The highest BCUT2D eigenvalue weighted by molar-refractivity contribution is 5.61. The molecule has 0 aliphatic carbocycles. The molecule has 0 fully saturated rings. The van der Waals surface area contributed by atoms with Crippen molar-refractivity contribution in [3.8, 4) is 6.07 Å². The number of allylic oxidation sites excluding steroid dienone is 1. The molecule has 0 saturated carbocycles. The predicted molar refractivity (Wildman–Crippen MR) is 46.8 cm³/mol. The second kappa shape index (κ2) is 3.54. The summed E-state index contributed by atoms with van der Waals surface area (Å²) in [7, 11) is 0. The Kier molecular flexibility index (Phi) is 2.44. The van der Waals surface area contributed by atoms with Gasteiger partial charge in [0.1, 0.15) is 0 Å². The minimum absolute atomic E-state index is 0.404. The monoisotopic (exact) mass is 159 g/mol. The van der Waals surface area contributed by atoms with E-state index in [-0.39, 0.29) is 0 Å². The summed E-state index contributed by atoms with van der Waals surface area (Å²) >= 11 is 0. The average Bonchev–Trinajstić information content (AvgIpc) is 2.05. The molecule has 1 aromatic heterocycles. The SMILES string of the molecule is Cc1cccc(C(N)=CC#N)n1. The number of pyridine rings is 1. The quantitative estimate of drug-likeness (QED) is 0.626. The van der Waals surface area contributed by atoms with Gasteiger partial charge in [0, 0.05) is 11.8 Å². The second-order valence-corrected chi connectivity index (χ2v) is 2.39. The van der Waals surface area contributed by atoms with Gasteiger partial charge in [-0.25, -0.2) is 0 Å². The highest BCUT2D eigenvalue weighted by Gasteiger charge is 1.96. The van der Waals surface area contributed by atoms with Gasteiger partial charge in [0.2, 0.25) is 0 Å². The summed E-state index contributed by atoms with van der Waals surface area (Å²) in [6.45, 7) is 1.88. The molecule has 12 heavy (non-hydrogen) atoms. The van der Waals surface area contributed by atoms with Gasteiger partial charge in [-0.3, -0.25) is 4.98 Å². The number of aryl methyl sites for hydroxylation is 1. The van der Waals surface area contributed by atoms with Crippen molar-refractivity contribution in [1.82, 2.24) is 4.98 Å². The first-order chi connectivity index (χ1) is 5.74. The van der Waals surface area contributed by atoms with Gasteiger partial charge in [0.05, 0.1) is 17.5 Å². The van der Waals surface area contributed by atoms with Crippen LogP contribution in [0, 0.1) is 18.3 Å². The molecule has 0 atom stereocenters. The van der Waals surface area contributed by atoms with Crippen LogP contribution in [0.15, 0.2) is 24.3 Å². The first kappa shape index (κ1) is 8.28. The summed E-state index contributed by atoms with van der Waals surface area (Å²) in [4.78, 5) is 4.15. The van der Waals surface area contributed by atoms with E-state index in [1.54, 1.807) is 6.07 Å². The van der Waals surface area contributed by atoms with E-state index in [1.165, 1.54) is 6.08 Å². The lowest BCUT2D eigenvalue weighted by molar-refractivity contribution is 1.16. The molecule has 3 heteroatoms. The molecule has 0 radical (unpaired) electrons. The molecule has 2 N–H and O–H groups in total. The van der Waals surface area contributed by atoms with Crippen molar-refractivity contribution < 1.29 is 0 Å². The molecule has 0 amide bonds. The predicted octanol–water partition coefficient (Wildman–Crippen LogP) is 1.21. The Labute approximate surface area is 71.2 Å². The van der Waals surface area contributed by atoms with Crippen molar-refractivity contribution in [2.45, 2.75) is 6.92 Å². The van der Waals surface area contributed by atoms with Gasteiger partial charge in [-0.05, 0) is 19.1 Å². The second-order valence-electron chi connectivity index (χ2n) is 2.39. The molecule has 3 nitrogen and oxygen atoms in total. The highest BCUT2D eigenvalue weighted by Crippen LogP contribution is 2.05. The number of nitrogens with zero attached hydrogens (tertiary/aromatic N) is 2. The van der Waals surface area contributed by atoms with Crippen molar-refractivity contribution in [2.75, 3.05) is 0 Å². The lowest BCUT2D eigenvalue weighted by atomic mass is 10.2. The molecular formula is C9H9N3. The van der Waals surface area contributed by atoms with E-state index in [0.717, 1.165) is 5.69 Å². The van der Waals surface area contributed by atoms with Crippen LogP contribution in [-0.4, -0.2) is 4.98 Å². The van der Waals surface area contributed by atoms with Gasteiger partial charge in [-0.15, -0.1) is 0 Å². The van der Waals surface area contributed by atoms with E-state index in [4.69, 9.17) is 11.0 Å². The Balaban J connectivity index is 3.05. The molecule has 0 saturated heterocycles. The van der Waals surface area contributed by atoms with Gasteiger partial charge in [-0.2, -0.15) is 5.26 Å². The standard InChI is InChI=1S/C9H9N3/c1-7-3-2-4-9(12-7)8(11)5-6-10/h2-5H,11H2,1H3. The molecule has 60 valence electrons. The van der Waals surface area contributed by atoms with Crippen LogP contribution in [-0.2, 0) is 0 Å². The molecule has 0 aromatic carbocycles. The van der Waals surface area contributed by atoms with Crippen molar-refractivity contribution in [3.05, 3.63) is 35.7 Å². The Morgan fingerprint density at radius 1 is 1.67 bits per heavy atom. The van der Waals surface area contributed by atoms with Crippen LogP contribution >= 0.6 is 0 Å². The van der Waals surface area contributed by atoms with Crippen LogP contribution < -0.4 is 5.73 Å². The summed E-state index contributed by atoms with van der Waals surface area (Å²) in [5.41, 5.74) is 7.49. The zero-order valence-corrected chi connectivity index (χ0v) is 6.78. The van der Waals surface area contributed by atoms with E-state index in [2.05, 4.69) is 4.98 Å². The summed E-state index contributed by atoms with van der Waals surface area (Å²) in [6, 6.07) is 7.37. The minimum atomic E-state index is 0.404. The third-order valence-electron chi connectivity index (χ3n) is 1.40. The number of aromatic nitrogens is 1. The first-order valence-electron chi connectivity index (χ1n) is 3.53. The third kappa shape index (κ3) is 1.83. The van der Waals surface area contributed by atoms with Gasteiger partial charge in [0.15, 0.2) is 0 Å². The molecular weight excluding hydrogens is 150 g/mol. The molecule has 0 aliphatic heterocycles. The minimum Gasteiger partial charge on any atom is -0.396 e. The van der Waals surface area contributed by atoms with E-state index in [1.807, 2.05) is 25.1 Å². The van der Waals surface area contributed by atoms with Crippen LogP contribution in [0.25, 0.3) is 5.70 Å². The zero-order chi connectivity index (χ0) is 8.97. The summed E-state index contributed by atoms with van der Waals surface area (Å²) in [5.74, 6) is 0. The van der Waals surface area contributed by atoms with Crippen molar-refractivity contribution in [3.63, 3.8) is 0 Å². The maximum absolute atomic E-state index is 8.33. The average molecular weight is 159 g/mol. The summed E-state index contributed by atoms with van der Waals surface area (Å²) in [6.07, 6.45) is 1.28. The van der Waals surface area contributed by atoms with Crippen LogP contribution in [0.1, 0.15) is 11.4 Å². The molecule has 0 aliphatic rings. The van der Waals surface area contributed by atoms with E-state index in [9.17, 15) is 0 Å². The molecule has 1 aromatic rings. The number of hydrogen-bond acceptors (Lipinski definition) is 3. The van der Waals surface area contributed by atoms with Gasteiger partial charge in [-0.1, -0.05) is 6.07 Å². The smallest absolute Gasteiger partial charge is 0.0934 e. The van der Waals surface area contributed by atoms with E-state index < -0.39 is 0 Å². The van der Waals surface area contributed by atoms with Gasteiger partial charge < -0.3 is 5.73 Å². The Hall–Kier alpha value is -1.82. The molecule has 0 unspecified atom stereocenters. The lowest BCUT2D eigenvalue weighted by Crippen LogP contribution is -1.99. The fraction of sp³-hybridized carbons (Fsp3) is 0.111. The number of nitrogens with two attached hydrogens (primary N) is 1. The molecule has 1 rings (SSSR count). The molecule has 0 bridgehead atoms. The Morgan fingerprint density at radius 2 is 2.42 bits per heavy atom. The number of nitriles is 1. The van der Waals surface area contributed by atoms with Crippen LogP contribution in [0.3, 0.4) is 0 Å². The highest BCUT2D eigenvalue weighted by atomic mass is 14.8. The third-order valence-corrected chi connectivity index (χ3v) is 1.40. The topological polar surface area (TPSA) is 62.7 Å². The summed E-state index contributed by atoms with van der Waals surface area (Å²) in [5, 5.41) is 8.33. The van der Waals surface area contributed by atoms with Crippen LogP contribution in [0.5, 0.6) is 0 Å².